The Morgan fingerprint density at radius 2 is 1.72 bits per heavy atom. The summed E-state index contributed by atoms with van der Waals surface area (Å²) in [6.45, 7) is 4.71. The van der Waals surface area contributed by atoms with E-state index in [9.17, 15) is 13.2 Å². The van der Waals surface area contributed by atoms with Crippen molar-refractivity contribution in [1.82, 2.24) is 8.87 Å². The molecule has 1 aliphatic heterocycles. The molecule has 0 saturated carbocycles. The minimum absolute atomic E-state index is 0.345. The summed E-state index contributed by atoms with van der Waals surface area (Å²) < 4.78 is 34.4. The van der Waals surface area contributed by atoms with Gasteiger partial charge in [-0.25, -0.2) is 17.8 Å². The third kappa shape index (κ3) is 4.01. The lowest BCUT2D eigenvalue weighted by molar-refractivity contribution is -0.926. The Morgan fingerprint density at radius 3 is 2.41 bits per heavy atom. The molecule has 0 unspecified atom stereocenters. The number of rotatable bonds is 6. The molecule has 2 heterocycles. The first-order valence-electron chi connectivity index (χ1n) is 10.00. The predicted octanol–water partition coefficient (Wildman–Crippen LogP) is 1.09. The second-order valence-electron chi connectivity index (χ2n) is 7.47. The molecule has 8 heteroatoms. The van der Waals surface area contributed by atoms with E-state index in [1.807, 2.05) is 30.3 Å². The largest absolute Gasteiger partial charge is 0.424 e. The van der Waals surface area contributed by atoms with Crippen molar-refractivity contribution in [3.8, 4) is 0 Å². The lowest BCUT2D eigenvalue weighted by Gasteiger charge is -2.31. The summed E-state index contributed by atoms with van der Waals surface area (Å²) in [5.41, 5.74) is 2.50. The molecule has 0 spiro atoms. The van der Waals surface area contributed by atoms with Crippen LogP contribution in [0.5, 0.6) is 0 Å². The van der Waals surface area contributed by atoms with Crippen LogP contribution in [0.4, 0.5) is 0 Å². The number of quaternary nitrogens is 1. The minimum Gasteiger partial charge on any atom is -0.408 e. The van der Waals surface area contributed by atoms with Crippen molar-refractivity contribution < 1.29 is 17.7 Å². The zero-order valence-corrected chi connectivity index (χ0v) is 17.3. The molecule has 0 aliphatic carbocycles. The van der Waals surface area contributed by atoms with E-state index in [0.717, 1.165) is 28.8 Å². The summed E-state index contributed by atoms with van der Waals surface area (Å²) in [4.78, 5) is 13.7. The van der Waals surface area contributed by atoms with Crippen LogP contribution in [0.1, 0.15) is 18.9 Å². The van der Waals surface area contributed by atoms with Crippen molar-refractivity contribution in [2.24, 2.45) is 0 Å². The summed E-state index contributed by atoms with van der Waals surface area (Å²) in [5, 5.41) is 0. The predicted molar refractivity (Wildman–Crippen MR) is 110 cm³/mol. The van der Waals surface area contributed by atoms with Gasteiger partial charge in [0, 0.05) is 0 Å². The Hall–Kier alpha value is -2.42. The number of aromatic nitrogens is 1. The summed E-state index contributed by atoms with van der Waals surface area (Å²) >= 11 is 0. The van der Waals surface area contributed by atoms with E-state index in [-0.39, 0.29) is 5.76 Å². The topological polar surface area (TPSA) is 77.0 Å². The average Bonchev–Trinajstić information content (AvgIpc) is 3.04. The van der Waals surface area contributed by atoms with Gasteiger partial charge in [0.1, 0.15) is 0 Å². The van der Waals surface area contributed by atoms with E-state index >= 15 is 0 Å². The number of nitrogens with zero attached hydrogens (tertiary/aromatic N) is 2. The maximum atomic E-state index is 13.0. The standard InChI is InChI=1S/C21H25N3O4S/c1-2-5-17-8-10-18(11-9-17)29(26,27)23-14-12-22(13-15-23)16-24-19-6-3-4-7-20(19)28-21(24)25/h3-4,6-11H,2,5,12-16H2,1H3/p+1. The van der Waals surface area contributed by atoms with Crippen LogP contribution in [-0.2, 0) is 23.1 Å². The molecule has 1 fully saturated rings. The molecule has 0 amide bonds. The third-order valence-corrected chi connectivity index (χ3v) is 7.40. The fourth-order valence-corrected chi connectivity index (χ4v) is 5.30. The highest BCUT2D eigenvalue weighted by molar-refractivity contribution is 7.89. The van der Waals surface area contributed by atoms with Crippen LogP contribution in [-0.4, -0.2) is 43.5 Å². The number of sulfonamides is 1. The molecule has 1 aromatic heterocycles. The average molecular weight is 417 g/mol. The van der Waals surface area contributed by atoms with Gasteiger partial charge in [0.2, 0.25) is 10.0 Å². The lowest BCUT2D eigenvalue weighted by Crippen LogP contribution is -3.14. The third-order valence-electron chi connectivity index (χ3n) is 5.48. The van der Waals surface area contributed by atoms with E-state index in [1.165, 1.54) is 0 Å². The normalized spacial score (nSPS) is 16.4. The van der Waals surface area contributed by atoms with Crippen molar-refractivity contribution in [2.45, 2.75) is 31.3 Å². The van der Waals surface area contributed by atoms with Crippen LogP contribution in [0.2, 0.25) is 0 Å². The fraction of sp³-hybridized carbons (Fsp3) is 0.381. The van der Waals surface area contributed by atoms with Gasteiger partial charge in [-0.05, 0) is 36.2 Å². The van der Waals surface area contributed by atoms with Gasteiger partial charge < -0.3 is 9.32 Å². The van der Waals surface area contributed by atoms with Gasteiger partial charge in [-0.3, -0.25) is 0 Å². The molecule has 1 saturated heterocycles. The Kier molecular flexibility index (Phi) is 5.58. The van der Waals surface area contributed by atoms with Crippen molar-refractivity contribution in [2.75, 3.05) is 26.2 Å². The van der Waals surface area contributed by atoms with E-state index in [0.29, 0.717) is 43.3 Å². The molecule has 29 heavy (non-hydrogen) atoms. The summed E-state index contributed by atoms with van der Waals surface area (Å²) in [7, 11) is -3.49. The molecular formula is C21H26N3O4S+. The Labute approximate surface area is 170 Å². The number of hydrogen-bond acceptors (Lipinski definition) is 4. The van der Waals surface area contributed by atoms with Crippen LogP contribution in [0, 0.1) is 0 Å². The van der Waals surface area contributed by atoms with Gasteiger partial charge in [0.05, 0.1) is 36.6 Å². The zero-order valence-electron chi connectivity index (χ0n) is 16.5. The molecule has 1 N–H and O–H groups in total. The van der Waals surface area contributed by atoms with Gasteiger partial charge in [-0.15, -0.1) is 0 Å². The molecule has 0 bridgehead atoms. The van der Waals surface area contributed by atoms with Gasteiger partial charge in [0.15, 0.2) is 12.3 Å². The Morgan fingerprint density at radius 1 is 1.03 bits per heavy atom. The highest BCUT2D eigenvalue weighted by Crippen LogP contribution is 2.17. The number of hydrogen-bond donors (Lipinski definition) is 1. The monoisotopic (exact) mass is 416 g/mol. The highest BCUT2D eigenvalue weighted by Gasteiger charge is 2.31. The van der Waals surface area contributed by atoms with E-state index < -0.39 is 10.0 Å². The number of oxazole rings is 1. The molecule has 154 valence electrons. The maximum Gasteiger partial charge on any atom is 0.424 e. The van der Waals surface area contributed by atoms with Gasteiger partial charge in [0.25, 0.3) is 0 Å². The summed E-state index contributed by atoms with van der Waals surface area (Å²) in [6.07, 6.45) is 1.98. The quantitative estimate of drug-likeness (QED) is 0.653. The van der Waals surface area contributed by atoms with Gasteiger partial charge in [-0.1, -0.05) is 37.6 Å². The van der Waals surface area contributed by atoms with Crippen LogP contribution in [0.15, 0.2) is 62.6 Å². The summed E-state index contributed by atoms with van der Waals surface area (Å²) in [6, 6.07) is 14.6. The first-order chi connectivity index (χ1) is 14.0. The van der Waals surface area contributed by atoms with Crippen molar-refractivity contribution in [3.63, 3.8) is 0 Å². The number of benzene rings is 2. The first kappa shape index (κ1) is 19.9. The van der Waals surface area contributed by atoms with E-state index in [1.54, 1.807) is 27.1 Å². The Bertz CT molecular complexity index is 1140. The molecule has 4 rings (SSSR count). The SMILES string of the molecule is CCCc1ccc(S(=O)(=O)N2CC[NH+](Cn3c(=O)oc4ccccc43)CC2)cc1. The van der Waals surface area contributed by atoms with E-state index in [4.69, 9.17) is 4.42 Å². The van der Waals surface area contributed by atoms with Crippen molar-refractivity contribution in [1.29, 1.82) is 0 Å². The molecule has 2 aromatic carbocycles. The fourth-order valence-electron chi connectivity index (χ4n) is 3.85. The van der Waals surface area contributed by atoms with Gasteiger partial charge in [-0.2, -0.15) is 4.31 Å². The number of nitrogens with one attached hydrogen (secondary N) is 1. The van der Waals surface area contributed by atoms with Crippen molar-refractivity contribution in [3.05, 3.63) is 64.6 Å². The lowest BCUT2D eigenvalue weighted by atomic mass is 10.1. The van der Waals surface area contributed by atoms with Gasteiger partial charge >= 0.3 is 5.76 Å². The van der Waals surface area contributed by atoms with Crippen LogP contribution < -0.4 is 10.7 Å². The second-order valence-corrected chi connectivity index (χ2v) is 9.41. The maximum absolute atomic E-state index is 13.0. The van der Waals surface area contributed by atoms with E-state index in [2.05, 4.69) is 6.92 Å². The minimum atomic E-state index is -3.49. The smallest absolute Gasteiger partial charge is 0.408 e. The molecular weight excluding hydrogens is 390 g/mol. The number of aryl methyl sites for hydroxylation is 1. The number of piperazine rings is 1. The molecule has 0 atom stereocenters. The molecule has 7 nitrogen and oxygen atoms in total. The molecule has 1 aliphatic rings. The number of para-hydroxylation sites is 2. The van der Waals surface area contributed by atoms with Crippen LogP contribution in [0.25, 0.3) is 11.1 Å². The first-order valence-corrected chi connectivity index (χ1v) is 11.4. The Balaban J connectivity index is 1.43. The van der Waals surface area contributed by atoms with Crippen LogP contribution >= 0.6 is 0 Å². The summed E-state index contributed by atoms with van der Waals surface area (Å²) in [5.74, 6) is -0.374. The zero-order chi connectivity index (χ0) is 20.4. The molecule has 0 radical (unpaired) electrons. The van der Waals surface area contributed by atoms with Crippen LogP contribution in [0.3, 0.4) is 0 Å². The van der Waals surface area contributed by atoms with Crippen molar-refractivity contribution >= 4 is 21.1 Å². The highest BCUT2D eigenvalue weighted by atomic mass is 32.2. The molecule has 3 aromatic rings. The second kappa shape index (κ2) is 8.14. The number of fused-ring (bicyclic) bond motifs is 1.